The lowest BCUT2D eigenvalue weighted by Crippen LogP contribution is -2.32. The van der Waals surface area contributed by atoms with Crippen LogP contribution in [0.2, 0.25) is 0 Å². The van der Waals surface area contributed by atoms with E-state index in [4.69, 9.17) is 0 Å². The van der Waals surface area contributed by atoms with Gasteiger partial charge in [-0.05, 0) is 166 Å². The summed E-state index contributed by atoms with van der Waals surface area (Å²) in [5, 5.41) is 0. The molecule has 74 heavy (non-hydrogen) atoms. The zero-order valence-corrected chi connectivity index (χ0v) is 49.2. The van der Waals surface area contributed by atoms with Crippen molar-refractivity contribution in [1.82, 2.24) is 9.80 Å². The Labute approximate surface area is 461 Å². The maximum Gasteiger partial charge on any atom is 0.265 e. The van der Waals surface area contributed by atoms with E-state index in [1.165, 1.54) is 122 Å². The number of unbranched alkanes of at least 4 members (excludes halogenated alkanes) is 4. The lowest BCUT2D eigenvalue weighted by molar-refractivity contribution is -0.122. The molecule has 390 valence electrons. The third-order valence-electron chi connectivity index (χ3n) is 19.1. The average Bonchev–Trinajstić information content (AvgIpc) is 4.05. The molecule has 6 aliphatic rings. The maximum atomic E-state index is 15.5. The Balaban J connectivity index is 1.17. The van der Waals surface area contributed by atoms with Gasteiger partial charge in [0.2, 0.25) is 0 Å². The van der Waals surface area contributed by atoms with E-state index in [0.717, 1.165) is 94.0 Å². The number of fused-ring (bicyclic) bond motifs is 13. The number of carbonyl (C=O) groups is 2. The first-order valence-corrected chi connectivity index (χ1v) is 31.0. The van der Waals surface area contributed by atoms with E-state index in [9.17, 15) is 0 Å². The molecule has 0 saturated heterocycles. The fourth-order valence-corrected chi connectivity index (χ4v) is 15.7. The van der Waals surface area contributed by atoms with Gasteiger partial charge < -0.3 is 0 Å². The molecule has 0 aromatic heterocycles. The summed E-state index contributed by atoms with van der Waals surface area (Å²) in [4.78, 5) is 34.7. The molecule has 4 aromatic rings. The number of halogens is 2. The van der Waals surface area contributed by atoms with E-state index in [1.807, 2.05) is 22.2 Å². The van der Waals surface area contributed by atoms with Gasteiger partial charge in [0.05, 0.1) is 22.5 Å². The van der Waals surface area contributed by atoms with Gasteiger partial charge in [-0.2, -0.15) is 0 Å². The molecule has 0 bridgehead atoms. The van der Waals surface area contributed by atoms with Crippen molar-refractivity contribution in [3.63, 3.8) is 0 Å². The third-order valence-corrected chi connectivity index (χ3v) is 20.1. The molecule has 4 unspecified atom stereocenters. The van der Waals surface area contributed by atoms with Crippen LogP contribution in [-0.2, 0) is 20.4 Å². The molecule has 2 aliphatic carbocycles. The standard InChI is InChI=1S/C68H82Br2N2O2/c1-9-17-21-43(13-5)39-67(40-44(14-6)22-18-10-2)57-35-49(69)25-27-51(57)55-33-47-29-31-71-63(53(47)37-59(55)67)61-62(66(71)74)64-54-38-60-56(34-48(54)30-32-72(64)65(61)73)52-28-26-50(70)36-58(52)68(60,41-45(15-7)23-19-11-3)42-46(16-8)24-20-12-4/h25-38,43-46H,9-24,39-42H2,1-8H3. The van der Waals surface area contributed by atoms with E-state index >= 15 is 9.59 Å². The van der Waals surface area contributed by atoms with Crippen molar-refractivity contribution in [3.8, 4) is 22.3 Å². The van der Waals surface area contributed by atoms with E-state index < -0.39 is 0 Å². The Morgan fingerprint density at radius 1 is 0.419 bits per heavy atom. The van der Waals surface area contributed by atoms with Crippen LogP contribution in [-0.4, -0.2) is 21.6 Å². The number of rotatable bonds is 24. The van der Waals surface area contributed by atoms with E-state index in [2.05, 4.69) is 160 Å². The van der Waals surface area contributed by atoms with Crippen molar-refractivity contribution >= 4 is 67.2 Å². The molecule has 10 rings (SSSR count). The summed E-state index contributed by atoms with van der Waals surface area (Å²) in [7, 11) is 0. The number of hydrogen-bond donors (Lipinski definition) is 0. The SMILES string of the molecule is CCCCC(CC)CC1(CC(CC)CCCC)c2cc(Br)ccc2-c2cc3c(cc21)C1=C2C(=O)N4C=Cc5cc6c(cc5C4=C2C(=O)N1C=C3)C(CC(CC)CCCC)(CC(CC)CCCC)c1cc(Br)ccc1-6. The number of carbonyl (C=O) groups excluding carboxylic acids is 2. The number of nitrogens with zero attached hydrogens (tertiary/aromatic N) is 2. The van der Waals surface area contributed by atoms with Crippen molar-refractivity contribution < 1.29 is 9.59 Å². The van der Waals surface area contributed by atoms with Crippen LogP contribution in [0.4, 0.5) is 0 Å². The smallest absolute Gasteiger partial charge is 0.265 e. The highest BCUT2D eigenvalue weighted by Crippen LogP contribution is 2.62. The van der Waals surface area contributed by atoms with Crippen LogP contribution in [0.15, 0.2) is 93.2 Å². The molecule has 0 fully saturated rings. The van der Waals surface area contributed by atoms with Gasteiger partial charge in [-0.15, -0.1) is 0 Å². The van der Waals surface area contributed by atoms with Crippen molar-refractivity contribution in [3.05, 3.63) is 138 Å². The van der Waals surface area contributed by atoms with Gasteiger partial charge in [0, 0.05) is 43.3 Å². The summed E-state index contributed by atoms with van der Waals surface area (Å²) in [5.74, 6) is 2.12. The van der Waals surface area contributed by atoms with Gasteiger partial charge in [0.1, 0.15) is 0 Å². The summed E-state index contributed by atoms with van der Waals surface area (Å²) < 4.78 is 2.25. The molecule has 0 N–H and O–H groups in total. The number of benzene rings is 4. The molecule has 0 saturated carbocycles. The highest BCUT2D eigenvalue weighted by Gasteiger charge is 2.53. The number of hydrogen-bond acceptors (Lipinski definition) is 2. The molecule has 0 radical (unpaired) electrons. The summed E-state index contributed by atoms with van der Waals surface area (Å²) >= 11 is 7.92. The zero-order valence-electron chi connectivity index (χ0n) is 46.0. The topological polar surface area (TPSA) is 40.6 Å². The molecule has 4 aliphatic heterocycles. The first-order chi connectivity index (χ1) is 35.9. The molecular weight excluding hydrogens is 1040 g/mol. The third kappa shape index (κ3) is 8.94. The van der Waals surface area contributed by atoms with Crippen LogP contribution >= 0.6 is 31.9 Å². The van der Waals surface area contributed by atoms with Crippen molar-refractivity contribution in [1.29, 1.82) is 0 Å². The second kappa shape index (κ2) is 22.0. The molecule has 4 atom stereocenters. The number of amides is 2. The van der Waals surface area contributed by atoms with Crippen LogP contribution in [0.1, 0.15) is 228 Å². The van der Waals surface area contributed by atoms with Crippen LogP contribution in [0.25, 0.3) is 45.8 Å². The van der Waals surface area contributed by atoms with Gasteiger partial charge >= 0.3 is 0 Å². The Morgan fingerprint density at radius 2 is 0.743 bits per heavy atom. The van der Waals surface area contributed by atoms with Crippen molar-refractivity contribution in [2.75, 3.05) is 0 Å². The van der Waals surface area contributed by atoms with Gasteiger partial charge in [-0.1, -0.05) is 202 Å². The highest BCUT2D eigenvalue weighted by atomic mass is 79.9. The quantitative estimate of drug-likeness (QED) is 0.0701. The van der Waals surface area contributed by atoms with Gasteiger partial charge in [-0.3, -0.25) is 19.4 Å². The summed E-state index contributed by atoms with van der Waals surface area (Å²) in [6, 6.07) is 23.8. The molecule has 6 heteroatoms. The normalized spacial score (nSPS) is 21.1. The molecule has 0 spiro atoms. The fraction of sp³-hybridized carbons (Fsp3) is 0.500. The lowest BCUT2D eigenvalue weighted by atomic mass is 9.65. The Bertz CT molecular complexity index is 2730. The Morgan fingerprint density at radius 3 is 1.05 bits per heavy atom. The van der Waals surface area contributed by atoms with Crippen LogP contribution in [0.5, 0.6) is 0 Å². The minimum atomic E-state index is -0.201. The second-order valence-electron chi connectivity index (χ2n) is 23.4. The first kappa shape index (κ1) is 53.2. The van der Waals surface area contributed by atoms with E-state index in [1.54, 1.807) is 0 Å². The van der Waals surface area contributed by atoms with E-state index in [-0.39, 0.29) is 22.6 Å². The highest BCUT2D eigenvalue weighted by molar-refractivity contribution is 9.10. The predicted octanol–water partition coefficient (Wildman–Crippen LogP) is 19.9. The summed E-state index contributed by atoms with van der Waals surface area (Å²) in [6.45, 7) is 18.9. The van der Waals surface area contributed by atoms with Gasteiger partial charge in [-0.25, -0.2) is 0 Å². The Kier molecular flexibility index (Phi) is 15.8. The maximum absolute atomic E-state index is 15.5. The fourth-order valence-electron chi connectivity index (χ4n) is 15.0. The summed E-state index contributed by atoms with van der Waals surface area (Å²) in [5.41, 5.74) is 17.3. The molecule has 2 amide bonds. The van der Waals surface area contributed by atoms with E-state index in [0.29, 0.717) is 34.8 Å². The monoisotopic (exact) mass is 1120 g/mol. The van der Waals surface area contributed by atoms with Gasteiger partial charge in [0.15, 0.2) is 0 Å². The van der Waals surface area contributed by atoms with Crippen molar-refractivity contribution in [2.45, 2.75) is 195 Å². The Hall–Kier alpha value is -4.26. The van der Waals surface area contributed by atoms with Crippen LogP contribution in [0.3, 0.4) is 0 Å². The van der Waals surface area contributed by atoms with Crippen LogP contribution < -0.4 is 0 Å². The average molecular weight is 1120 g/mol. The molecule has 4 heterocycles. The first-order valence-electron chi connectivity index (χ1n) is 29.4. The van der Waals surface area contributed by atoms with Crippen molar-refractivity contribution in [2.24, 2.45) is 23.7 Å². The predicted molar refractivity (Wildman–Crippen MR) is 318 cm³/mol. The minimum absolute atomic E-state index is 0.102. The van der Waals surface area contributed by atoms with Crippen LogP contribution in [0, 0.1) is 23.7 Å². The zero-order chi connectivity index (χ0) is 52.1. The van der Waals surface area contributed by atoms with Gasteiger partial charge in [0.25, 0.3) is 11.8 Å². The molecular formula is C68H82Br2N2O2. The minimum Gasteiger partial charge on any atom is -0.282 e. The molecule has 4 aromatic carbocycles. The largest absolute Gasteiger partial charge is 0.282 e. The molecule has 4 nitrogen and oxygen atoms in total. The lowest BCUT2D eigenvalue weighted by Gasteiger charge is -2.39. The summed E-state index contributed by atoms with van der Waals surface area (Å²) in [6.07, 6.45) is 31.8. The second-order valence-corrected chi connectivity index (χ2v) is 25.3.